The summed E-state index contributed by atoms with van der Waals surface area (Å²) in [5.74, 6) is 3.13. The number of aryl methyl sites for hydroxylation is 1. The van der Waals surface area contributed by atoms with Gasteiger partial charge in [0.05, 0.1) is 6.20 Å². The first-order valence-electron chi connectivity index (χ1n) is 11.5. The first kappa shape index (κ1) is 21.0. The lowest BCUT2D eigenvalue weighted by molar-refractivity contribution is -0.118. The summed E-state index contributed by atoms with van der Waals surface area (Å²) in [4.78, 5) is 19.3. The van der Waals surface area contributed by atoms with Crippen LogP contribution in [0.25, 0.3) is 16.8 Å². The maximum Gasteiger partial charge on any atom is 0.228 e. The molecule has 6 rings (SSSR count). The Morgan fingerprint density at radius 3 is 2.63 bits per heavy atom. The molecule has 1 amide bonds. The van der Waals surface area contributed by atoms with Gasteiger partial charge in [-0.3, -0.25) is 13.9 Å². The molecule has 0 saturated heterocycles. The second-order valence-electron chi connectivity index (χ2n) is 8.79. The molecule has 0 spiro atoms. The Labute approximate surface area is 202 Å². The number of hydrogen-bond donors (Lipinski definition) is 1. The Morgan fingerprint density at radius 2 is 1.83 bits per heavy atom. The molecule has 5 heterocycles. The monoisotopic (exact) mass is 464 g/mol. The summed E-state index contributed by atoms with van der Waals surface area (Å²) in [5, 5.41) is 16.5. The predicted molar refractivity (Wildman–Crippen MR) is 134 cm³/mol. The molecule has 0 unspecified atom stereocenters. The summed E-state index contributed by atoms with van der Waals surface area (Å²) in [6, 6.07) is 20.0. The summed E-state index contributed by atoms with van der Waals surface area (Å²) >= 11 is 0. The number of amides is 1. The standard InChI is InChI=1S/C26H24N8O/c1-32-24-15-19(18-8-10-27-21(13-18)29-22-9-11-28-33(22)2)14-23-30-31-26(34(23)24)20(16-25(32)35)12-17-6-4-3-5-7-17/h3-11,13-15,20H,12,16H2,1-2H3,(H,27,29)/t20-/m0/s1. The molecule has 1 aliphatic heterocycles. The van der Waals surface area contributed by atoms with Crippen molar-refractivity contribution in [1.29, 1.82) is 0 Å². The Bertz CT molecular complexity index is 1540. The van der Waals surface area contributed by atoms with Crippen LogP contribution in [-0.4, -0.2) is 42.3 Å². The summed E-state index contributed by atoms with van der Waals surface area (Å²) in [6.07, 6.45) is 4.60. The van der Waals surface area contributed by atoms with E-state index in [0.717, 1.165) is 35.0 Å². The van der Waals surface area contributed by atoms with Gasteiger partial charge in [0.15, 0.2) is 5.65 Å². The number of carbonyl (C=O) groups is 1. The van der Waals surface area contributed by atoms with Gasteiger partial charge >= 0.3 is 0 Å². The fraction of sp³-hybridized carbons (Fsp3) is 0.192. The lowest BCUT2D eigenvalue weighted by Gasteiger charge is -2.18. The molecule has 9 heteroatoms. The lowest BCUT2D eigenvalue weighted by atomic mass is 9.95. The van der Waals surface area contributed by atoms with Crippen molar-refractivity contribution in [2.24, 2.45) is 7.05 Å². The van der Waals surface area contributed by atoms with Crippen LogP contribution in [0.1, 0.15) is 23.7 Å². The molecule has 35 heavy (non-hydrogen) atoms. The van der Waals surface area contributed by atoms with Crippen molar-refractivity contribution in [3.63, 3.8) is 0 Å². The second-order valence-corrected chi connectivity index (χ2v) is 8.79. The molecule has 1 N–H and O–H groups in total. The molecule has 1 aromatic carbocycles. The van der Waals surface area contributed by atoms with Gasteiger partial charge in [-0.1, -0.05) is 30.3 Å². The van der Waals surface area contributed by atoms with Gasteiger partial charge in [-0.25, -0.2) is 4.98 Å². The van der Waals surface area contributed by atoms with E-state index >= 15 is 0 Å². The van der Waals surface area contributed by atoms with Crippen LogP contribution >= 0.6 is 0 Å². The van der Waals surface area contributed by atoms with Crippen molar-refractivity contribution in [3.8, 4) is 11.1 Å². The number of anilines is 3. The molecule has 1 aliphatic rings. The molecule has 0 fully saturated rings. The Hall–Kier alpha value is -4.53. The summed E-state index contributed by atoms with van der Waals surface area (Å²) < 4.78 is 3.76. The van der Waals surface area contributed by atoms with Crippen molar-refractivity contribution < 1.29 is 4.79 Å². The molecule has 5 aromatic rings. The largest absolute Gasteiger partial charge is 0.325 e. The number of nitrogens with one attached hydrogen (secondary N) is 1. The summed E-state index contributed by atoms with van der Waals surface area (Å²) in [6.45, 7) is 0. The average molecular weight is 465 g/mol. The third-order valence-electron chi connectivity index (χ3n) is 6.51. The van der Waals surface area contributed by atoms with E-state index in [-0.39, 0.29) is 11.8 Å². The first-order valence-corrected chi connectivity index (χ1v) is 11.5. The third kappa shape index (κ3) is 3.80. The van der Waals surface area contributed by atoms with Crippen LogP contribution < -0.4 is 10.2 Å². The van der Waals surface area contributed by atoms with Crippen LogP contribution in [0, 0.1) is 0 Å². The number of carbonyl (C=O) groups excluding carboxylic acids is 1. The van der Waals surface area contributed by atoms with E-state index in [9.17, 15) is 4.79 Å². The fourth-order valence-corrected chi connectivity index (χ4v) is 4.63. The maximum atomic E-state index is 13.2. The minimum absolute atomic E-state index is 0.0509. The molecular weight excluding hydrogens is 440 g/mol. The number of rotatable bonds is 5. The normalized spacial score (nSPS) is 15.4. The van der Waals surface area contributed by atoms with Crippen molar-refractivity contribution in [2.45, 2.75) is 18.8 Å². The SMILES string of the molecule is CN1C(=O)C[C@H](Cc2ccccc2)c2nnc3cc(-c4ccnc(Nc5ccnn5C)c4)cc1n23. The highest BCUT2D eigenvalue weighted by molar-refractivity contribution is 5.94. The molecule has 4 aromatic heterocycles. The molecule has 1 atom stereocenters. The van der Waals surface area contributed by atoms with E-state index in [1.54, 1.807) is 22.0 Å². The molecule has 174 valence electrons. The van der Waals surface area contributed by atoms with Crippen LogP contribution in [-0.2, 0) is 18.3 Å². The smallest absolute Gasteiger partial charge is 0.228 e. The Kier molecular flexibility index (Phi) is 5.02. The minimum atomic E-state index is -0.0509. The van der Waals surface area contributed by atoms with Crippen LogP contribution in [0.4, 0.5) is 17.5 Å². The lowest BCUT2D eigenvalue weighted by Crippen LogP contribution is -2.27. The number of aromatic nitrogens is 6. The van der Waals surface area contributed by atoms with Crippen molar-refractivity contribution in [1.82, 2.24) is 29.4 Å². The summed E-state index contributed by atoms with van der Waals surface area (Å²) in [5.41, 5.74) is 3.78. The zero-order chi connectivity index (χ0) is 23.9. The second kappa shape index (κ2) is 8.35. The first-order chi connectivity index (χ1) is 17.1. The molecule has 0 aliphatic carbocycles. The quantitative estimate of drug-likeness (QED) is 0.423. The summed E-state index contributed by atoms with van der Waals surface area (Å²) in [7, 11) is 3.69. The van der Waals surface area contributed by atoms with Gasteiger partial charge in [0.1, 0.15) is 23.3 Å². The minimum Gasteiger partial charge on any atom is -0.325 e. The predicted octanol–water partition coefficient (Wildman–Crippen LogP) is 3.96. The molecule has 0 bridgehead atoms. The highest BCUT2D eigenvalue weighted by Gasteiger charge is 2.30. The third-order valence-corrected chi connectivity index (χ3v) is 6.51. The van der Waals surface area contributed by atoms with E-state index in [0.29, 0.717) is 17.9 Å². The Balaban J connectivity index is 1.41. The van der Waals surface area contributed by atoms with Crippen LogP contribution in [0.2, 0.25) is 0 Å². The van der Waals surface area contributed by atoms with Gasteiger partial charge in [-0.2, -0.15) is 5.10 Å². The van der Waals surface area contributed by atoms with Crippen molar-refractivity contribution in [3.05, 3.63) is 84.4 Å². The zero-order valence-electron chi connectivity index (χ0n) is 19.5. The van der Waals surface area contributed by atoms with E-state index in [4.69, 9.17) is 0 Å². The number of pyridine rings is 2. The molecular formula is C26H24N8O. The maximum absolute atomic E-state index is 13.2. The van der Waals surface area contributed by atoms with Gasteiger partial charge < -0.3 is 10.2 Å². The van der Waals surface area contributed by atoms with E-state index in [2.05, 4.69) is 37.7 Å². The number of nitrogens with zero attached hydrogens (tertiary/aromatic N) is 7. The van der Waals surface area contributed by atoms with Crippen molar-refractivity contribution >= 4 is 29.0 Å². The fourth-order valence-electron chi connectivity index (χ4n) is 4.63. The van der Waals surface area contributed by atoms with E-state index < -0.39 is 0 Å². The van der Waals surface area contributed by atoms with Crippen molar-refractivity contribution in [2.75, 3.05) is 17.3 Å². The number of benzene rings is 1. The van der Waals surface area contributed by atoms with Gasteiger partial charge in [-0.05, 0) is 47.4 Å². The van der Waals surface area contributed by atoms with E-state index in [1.807, 2.05) is 67.0 Å². The van der Waals surface area contributed by atoms with Crippen LogP contribution in [0.15, 0.2) is 73.1 Å². The van der Waals surface area contributed by atoms with Gasteiger partial charge in [0.2, 0.25) is 5.91 Å². The van der Waals surface area contributed by atoms with Gasteiger partial charge in [-0.15, -0.1) is 10.2 Å². The average Bonchev–Trinajstić information content (AvgIpc) is 3.47. The highest BCUT2D eigenvalue weighted by Crippen LogP contribution is 2.35. The van der Waals surface area contributed by atoms with Crippen LogP contribution in [0.5, 0.6) is 0 Å². The highest BCUT2D eigenvalue weighted by atomic mass is 16.2. The molecule has 9 nitrogen and oxygen atoms in total. The molecule has 0 saturated carbocycles. The zero-order valence-corrected chi connectivity index (χ0v) is 19.5. The van der Waals surface area contributed by atoms with E-state index in [1.165, 1.54) is 5.56 Å². The van der Waals surface area contributed by atoms with Crippen LogP contribution in [0.3, 0.4) is 0 Å². The van der Waals surface area contributed by atoms with Gasteiger partial charge in [0, 0.05) is 38.7 Å². The number of hydrogen-bond acceptors (Lipinski definition) is 6. The van der Waals surface area contributed by atoms with Gasteiger partial charge in [0.25, 0.3) is 0 Å². The Morgan fingerprint density at radius 1 is 0.971 bits per heavy atom. The topological polar surface area (TPSA) is 93.2 Å². The molecule has 0 radical (unpaired) electrons.